The van der Waals surface area contributed by atoms with Gasteiger partial charge < -0.3 is 15.6 Å². The molecule has 0 aliphatic rings. The van der Waals surface area contributed by atoms with Crippen molar-refractivity contribution in [3.63, 3.8) is 0 Å². The molecule has 0 saturated carbocycles. The number of benzene rings is 1. The van der Waals surface area contributed by atoms with Crippen molar-refractivity contribution in [2.24, 2.45) is 0 Å². The molecule has 1 unspecified atom stereocenters. The molecule has 5 nitrogen and oxygen atoms in total. The Kier molecular flexibility index (Phi) is 3.84. The molecule has 0 bridgehead atoms. The second-order valence-electron chi connectivity index (χ2n) is 4.27. The summed E-state index contributed by atoms with van der Waals surface area (Å²) in [6.45, 7) is 2.60. The highest BCUT2D eigenvalue weighted by Crippen LogP contribution is 2.13. The summed E-state index contributed by atoms with van der Waals surface area (Å²) in [5.41, 5.74) is 7.33. The van der Waals surface area contributed by atoms with Gasteiger partial charge in [-0.15, -0.1) is 0 Å². The molecule has 1 heterocycles. The Morgan fingerprint density at radius 3 is 2.72 bits per heavy atom. The summed E-state index contributed by atoms with van der Waals surface area (Å²) in [4.78, 5) is 0. The number of anilines is 1. The lowest BCUT2D eigenvalue weighted by atomic mass is 10.3. The van der Waals surface area contributed by atoms with E-state index in [4.69, 9.17) is 10.5 Å². The summed E-state index contributed by atoms with van der Waals surface area (Å²) >= 11 is 0. The number of rotatable bonds is 5. The maximum absolute atomic E-state index is 9.82. The first-order chi connectivity index (χ1) is 8.63. The van der Waals surface area contributed by atoms with Crippen molar-refractivity contribution in [2.75, 3.05) is 12.3 Å². The van der Waals surface area contributed by atoms with Crippen LogP contribution >= 0.6 is 0 Å². The van der Waals surface area contributed by atoms with Gasteiger partial charge in [0.1, 0.15) is 18.5 Å². The SMILES string of the molecule is Cc1cnn(CC(O)COc2ccc(N)cc2)c1. The highest BCUT2D eigenvalue weighted by molar-refractivity contribution is 5.41. The van der Waals surface area contributed by atoms with Crippen LogP contribution in [0.2, 0.25) is 0 Å². The molecule has 3 N–H and O–H groups in total. The summed E-state index contributed by atoms with van der Waals surface area (Å²) in [7, 11) is 0. The highest BCUT2D eigenvalue weighted by atomic mass is 16.5. The number of aliphatic hydroxyl groups excluding tert-OH is 1. The fraction of sp³-hybridized carbons (Fsp3) is 0.308. The van der Waals surface area contributed by atoms with Crippen LogP contribution in [0.5, 0.6) is 5.75 Å². The van der Waals surface area contributed by atoms with Crippen molar-refractivity contribution < 1.29 is 9.84 Å². The Balaban J connectivity index is 1.81. The van der Waals surface area contributed by atoms with Gasteiger partial charge in [0.25, 0.3) is 0 Å². The van der Waals surface area contributed by atoms with Crippen LogP contribution in [-0.4, -0.2) is 27.6 Å². The largest absolute Gasteiger partial charge is 0.491 e. The first kappa shape index (κ1) is 12.4. The van der Waals surface area contributed by atoms with Crippen LogP contribution in [0.25, 0.3) is 0 Å². The summed E-state index contributed by atoms with van der Waals surface area (Å²) in [5, 5.41) is 13.9. The van der Waals surface area contributed by atoms with E-state index in [1.165, 1.54) is 0 Å². The molecule has 0 saturated heterocycles. The van der Waals surface area contributed by atoms with Gasteiger partial charge in [-0.1, -0.05) is 0 Å². The van der Waals surface area contributed by atoms with E-state index in [1.54, 1.807) is 35.1 Å². The lowest BCUT2D eigenvalue weighted by Gasteiger charge is -2.12. The molecule has 96 valence electrons. The Hall–Kier alpha value is -2.01. The number of hydrogen-bond donors (Lipinski definition) is 2. The molecule has 1 aromatic heterocycles. The molecule has 5 heteroatoms. The molecular formula is C13H17N3O2. The Bertz CT molecular complexity index is 493. The van der Waals surface area contributed by atoms with E-state index >= 15 is 0 Å². The Labute approximate surface area is 106 Å². The second-order valence-corrected chi connectivity index (χ2v) is 4.27. The molecule has 0 aliphatic carbocycles. The molecule has 0 amide bonds. The van der Waals surface area contributed by atoms with Crippen molar-refractivity contribution in [3.8, 4) is 5.75 Å². The van der Waals surface area contributed by atoms with E-state index in [9.17, 15) is 5.11 Å². The minimum absolute atomic E-state index is 0.225. The fourth-order valence-electron chi connectivity index (χ4n) is 1.59. The number of nitrogens with two attached hydrogens (primary N) is 1. The number of hydrogen-bond acceptors (Lipinski definition) is 4. The predicted molar refractivity (Wildman–Crippen MR) is 69.3 cm³/mol. The molecular weight excluding hydrogens is 230 g/mol. The molecule has 0 fully saturated rings. The number of aliphatic hydroxyl groups is 1. The van der Waals surface area contributed by atoms with Crippen LogP contribution in [0.15, 0.2) is 36.7 Å². The predicted octanol–water partition coefficient (Wildman–Crippen LogP) is 1.21. The number of ether oxygens (including phenoxy) is 1. The monoisotopic (exact) mass is 247 g/mol. The third-order valence-corrected chi connectivity index (χ3v) is 2.48. The van der Waals surface area contributed by atoms with E-state index in [2.05, 4.69) is 5.10 Å². The maximum Gasteiger partial charge on any atom is 0.119 e. The normalized spacial score (nSPS) is 12.3. The zero-order chi connectivity index (χ0) is 13.0. The van der Waals surface area contributed by atoms with Crippen LogP contribution in [0, 0.1) is 6.92 Å². The summed E-state index contributed by atoms with van der Waals surface area (Å²) < 4.78 is 7.16. The Morgan fingerprint density at radius 2 is 2.11 bits per heavy atom. The zero-order valence-electron chi connectivity index (χ0n) is 10.3. The first-order valence-corrected chi connectivity index (χ1v) is 5.79. The van der Waals surface area contributed by atoms with E-state index in [0.717, 1.165) is 5.56 Å². The third kappa shape index (κ3) is 3.49. The Morgan fingerprint density at radius 1 is 1.39 bits per heavy atom. The molecule has 18 heavy (non-hydrogen) atoms. The molecule has 0 aliphatic heterocycles. The minimum Gasteiger partial charge on any atom is -0.491 e. The van der Waals surface area contributed by atoms with E-state index in [-0.39, 0.29) is 6.61 Å². The van der Waals surface area contributed by atoms with Crippen molar-refractivity contribution in [1.82, 2.24) is 9.78 Å². The second kappa shape index (κ2) is 5.55. The minimum atomic E-state index is -0.596. The van der Waals surface area contributed by atoms with E-state index in [0.29, 0.717) is 18.0 Å². The lowest BCUT2D eigenvalue weighted by Crippen LogP contribution is -2.23. The summed E-state index contributed by atoms with van der Waals surface area (Å²) in [6, 6.07) is 7.08. The van der Waals surface area contributed by atoms with Gasteiger partial charge in [-0.3, -0.25) is 4.68 Å². The van der Waals surface area contributed by atoms with Crippen molar-refractivity contribution >= 4 is 5.69 Å². The van der Waals surface area contributed by atoms with Crippen LogP contribution in [0.4, 0.5) is 5.69 Å². The van der Waals surface area contributed by atoms with Gasteiger partial charge in [0.05, 0.1) is 12.7 Å². The smallest absolute Gasteiger partial charge is 0.119 e. The van der Waals surface area contributed by atoms with Gasteiger partial charge in [-0.05, 0) is 36.8 Å². The van der Waals surface area contributed by atoms with Gasteiger partial charge >= 0.3 is 0 Å². The standard InChI is InChI=1S/C13H17N3O2/c1-10-6-15-16(7-10)8-12(17)9-18-13-4-2-11(14)3-5-13/h2-7,12,17H,8-9,14H2,1H3. The number of nitrogens with zero attached hydrogens (tertiary/aromatic N) is 2. The topological polar surface area (TPSA) is 73.3 Å². The number of aromatic nitrogens is 2. The van der Waals surface area contributed by atoms with Gasteiger partial charge in [-0.25, -0.2) is 0 Å². The van der Waals surface area contributed by atoms with Crippen LogP contribution < -0.4 is 10.5 Å². The molecule has 1 atom stereocenters. The molecule has 0 radical (unpaired) electrons. The van der Waals surface area contributed by atoms with Gasteiger partial charge in [0.2, 0.25) is 0 Å². The van der Waals surface area contributed by atoms with Crippen molar-refractivity contribution in [1.29, 1.82) is 0 Å². The summed E-state index contributed by atoms with van der Waals surface area (Å²) in [5.74, 6) is 0.694. The van der Waals surface area contributed by atoms with E-state index in [1.807, 2.05) is 13.1 Å². The average molecular weight is 247 g/mol. The van der Waals surface area contributed by atoms with Crippen molar-refractivity contribution in [2.45, 2.75) is 19.6 Å². The molecule has 1 aromatic carbocycles. The van der Waals surface area contributed by atoms with Crippen LogP contribution in [0.1, 0.15) is 5.56 Å². The molecule has 0 spiro atoms. The quantitative estimate of drug-likeness (QED) is 0.779. The first-order valence-electron chi connectivity index (χ1n) is 5.79. The average Bonchev–Trinajstić information content (AvgIpc) is 2.74. The van der Waals surface area contributed by atoms with Gasteiger partial charge in [0.15, 0.2) is 0 Å². The zero-order valence-corrected chi connectivity index (χ0v) is 10.3. The maximum atomic E-state index is 9.82. The van der Waals surface area contributed by atoms with Gasteiger partial charge in [-0.2, -0.15) is 5.10 Å². The van der Waals surface area contributed by atoms with Crippen LogP contribution in [-0.2, 0) is 6.54 Å². The number of nitrogen functional groups attached to an aromatic ring is 1. The fourth-order valence-corrected chi connectivity index (χ4v) is 1.59. The molecule has 2 aromatic rings. The highest BCUT2D eigenvalue weighted by Gasteiger charge is 2.07. The molecule has 2 rings (SSSR count). The van der Waals surface area contributed by atoms with Crippen LogP contribution in [0.3, 0.4) is 0 Å². The van der Waals surface area contributed by atoms with Gasteiger partial charge in [0, 0.05) is 11.9 Å². The van der Waals surface area contributed by atoms with E-state index < -0.39 is 6.10 Å². The summed E-state index contributed by atoms with van der Waals surface area (Å²) in [6.07, 6.45) is 3.04. The number of aryl methyl sites for hydroxylation is 1. The third-order valence-electron chi connectivity index (χ3n) is 2.48. The lowest BCUT2D eigenvalue weighted by molar-refractivity contribution is 0.0893. The van der Waals surface area contributed by atoms with Crippen molar-refractivity contribution in [3.05, 3.63) is 42.2 Å².